The van der Waals surface area contributed by atoms with E-state index in [1.165, 1.54) is 10.5 Å². The number of nitriles is 1. The molecule has 0 aliphatic rings. The molecule has 0 aliphatic carbocycles. The molecule has 0 bridgehead atoms. The number of benzene rings is 1. The third-order valence-electron chi connectivity index (χ3n) is 3.69. The Balaban J connectivity index is 0.00000264. The zero-order chi connectivity index (χ0) is 15.9. The van der Waals surface area contributed by atoms with Crippen molar-refractivity contribution in [2.24, 2.45) is 0 Å². The molecule has 1 aromatic carbocycles. The molecule has 124 valence electrons. The van der Waals surface area contributed by atoms with Gasteiger partial charge in [0.15, 0.2) is 0 Å². The van der Waals surface area contributed by atoms with E-state index in [4.69, 9.17) is 15.0 Å². The Bertz CT molecular complexity index is 697. The minimum atomic E-state index is 0. The highest BCUT2D eigenvalue weighted by Gasteiger charge is 2.13. The molecule has 1 aromatic heterocycles. The predicted octanol–water partition coefficient (Wildman–Crippen LogP) is 5.32. The van der Waals surface area contributed by atoms with E-state index >= 15 is 0 Å². The fourth-order valence-corrected chi connectivity index (χ4v) is 3.65. The first-order chi connectivity index (χ1) is 10.7. The summed E-state index contributed by atoms with van der Waals surface area (Å²) in [6.07, 6.45) is 3.92. The fraction of sp³-hybridized carbons (Fsp3) is 0.444. The van der Waals surface area contributed by atoms with Crippen LogP contribution in [-0.2, 0) is 6.42 Å². The molecular weight excluding hydrogens is 328 g/mol. The minimum Gasteiger partial charge on any atom is -0.497 e. The highest BCUT2D eigenvalue weighted by Crippen LogP contribution is 2.35. The molecule has 2 rings (SSSR count). The number of pyridine rings is 1. The van der Waals surface area contributed by atoms with E-state index in [9.17, 15) is 0 Å². The number of hydrogen-bond donors (Lipinski definition) is 0. The lowest BCUT2D eigenvalue weighted by Crippen LogP contribution is -1.99. The predicted molar refractivity (Wildman–Crippen MR) is 99.8 cm³/mol. The van der Waals surface area contributed by atoms with Gasteiger partial charge in [-0.1, -0.05) is 13.3 Å². The Morgan fingerprint density at radius 3 is 2.78 bits per heavy atom. The molecule has 23 heavy (non-hydrogen) atoms. The van der Waals surface area contributed by atoms with Gasteiger partial charge in [-0.05, 0) is 43.5 Å². The van der Waals surface area contributed by atoms with Gasteiger partial charge >= 0.3 is 0 Å². The van der Waals surface area contributed by atoms with Crippen LogP contribution in [0.15, 0.2) is 23.1 Å². The molecule has 0 atom stereocenters. The number of aromatic nitrogens is 1. The number of nitrogens with zero attached hydrogens (tertiary/aromatic N) is 2. The molecule has 1 heterocycles. The summed E-state index contributed by atoms with van der Waals surface area (Å²) >= 11 is 1.77. The minimum absolute atomic E-state index is 0. The second-order valence-electron chi connectivity index (χ2n) is 5.25. The molecule has 0 N–H and O–H groups in total. The second kappa shape index (κ2) is 9.64. The zero-order valence-corrected chi connectivity index (χ0v) is 15.5. The first-order valence-corrected chi connectivity index (χ1v) is 8.66. The monoisotopic (exact) mass is 350 g/mol. The Kier molecular flexibility index (Phi) is 8.22. The summed E-state index contributed by atoms with van der Waals surface area (Å²) in [4.78, 5) is 6.03. The topological polar surface area (TPSA) is 45.9 Å². The van der Waals surface area contributed by atoms with Crippen LogP contribution in [0.5, 0.6) is 5.75 Å². The van der Waals surface area contributed by atoms with Crippen molar-refractivity contribution in [3.05, 3.63) is 29.5 Å². The molecule has 0 spiro atoms. The van der Waals surface area contributed by atoms with Crippen molar-refractivity contribution in [2.45, 2.75) is 44.4 Å². The largest absolute Gasteiger partial charge is 0.497 e. The lowest BCUT2D eigenvalue weighted by atomic mass is 10.0. The van der Waals surface area contributed by atoms with Gasteiger partial charge in [-0.2, -0.15) is 5.26 Å². The number of unbranched alkanes of at least 4 members (excludes halogenated alkanes) is 1. The number of halogens is 1. The Labute approximate surface area is 148 Å². The SMILES string of the molecule is CCCCc1c(C)nc2ccc(OC)cc2c1SCCC#N.Cl. The van der Waals surface area contributed by atoms with Crippen molar-refractivity contribution in [1.29, 1.82) is 5.26 Å². The van der Waals surface area contributed by atoms with Crippen LogP contribution in [0.3, 0.4) is 0 Å². The quantitative estimate of drug-likeness (QED) is 0.500. The van der Waals surface area contributed by atoms with E-state index in [1.54, 1.807) is 18.9 Å². The maximum Gasteiger partial charge on any atom is 0.119 e. The zero-order valence-electron chi connectivity index (χ0n) is 13.9. The van der Waals surface area contributed by atoms with Gasteiger partial charge in [-0.25, -0.2) is 0 Å². The molecular formula is C18H23ClN2OS. The van der Waals surface area contributed by atoms with Crippen molar-refractivity contribution in [2.75, 3.05) is 12.9 Å². The Morgan fingerprint density at radius 2 is 2.13 bits per heavy atom. The summed E-state index contributed by atoms with van der Waals surface area (Å²) < 4.78 is 5.36. The standard InChI is InChI=1S/C18H22N2OS.ClH/c1-4-5-7-15-13(2)20-17-9-8-14(21-3)12-16(17)18(15)22-11-6-10-19;/h8-9,12H,4-7,11H2,1-3H3;1H. The summed E-state index contributed by atoms with van der Waals surface area (Å²) in [5.74, 6) is 1.66. The Morgan fingerprint density at radius 1 is 1.35 bits per heavy atom. The maximum atomic E-state index is 8.81. The van der Waals surface area contributed by atoms with Crippen molar-refractivity contribution in [1.82, 2.24) is 4.98 Å². The van der Waals surface area contributed by atoms with Gasteiger partial charge in [-0.3, -0.25) is 4.98 Å². The van der Waals surface area contributed by atoms with Crippen LogP contribution in [0.1, 0.15) is 37.4 Å². The first-order valence-electron chi connectivity index (χ1n) is 7.68. The molecule has 0 saturated carbocycles. The fourth-order valence-electron chi connectivity index (χ4n) is 2.51. The van der Waals surface area contributed by atoms with Crippen LogP contribution in [-0.4, -0.2) is 17.8 Å². The van der Waals surface area contributed by atoms with Gasteiger partial charge in [-0.15, -0.1) is 24.2 Å². The van der Waals surface area contributed by atoms with E-state index in [-0.39, 0.29) is 12.4 Å². The molecule has 0 amide bonds. The summed E-state index contributed by atoms with van der Waals surface area (Å²) in [6.45, 7) is 4.29. The number of rotatable bonds is 7. The van der Waals surface area contributed by atoms with E-state index in [0.717, 1.165) is 47.4 Å². The number of aryl methyl sites for hydroxylation is 1. The molecule has 0 fully saturated rings. The second-order valence-corrected chi connectivity index (χ2v) is 6.35. The molecule has 0 radical (unpaired) electrons. The molecule has 0 saturated heterocycles. The van der Waals surface area contributed by atoms with Crippen molar-refractivity contribution in [3.8, 4) is 11.8 Å². The number of ether oxygens (including phenoxy) is 1. The van der Waals surface area contributed by atoms with Gasteiger partial charge in [0, 0.05) is 28.1 Å². The van der Waals surface area contributed by atoms with Crippen LogP contribution in [0.4, 0.5) is 0 Å². The summed E-state index contributed by atoms with van der Waals surface area (Å²) in [6, 6.07) is 8.25. The van der Waals surface area contributed by atoms with Gasteiger partial charge < -0.3 is 4.74 Å². The number of methoxy groups -OCH3 is 1. The van der Waals surface area contributed by atoms with Crippen LogP contribution in [0.25, 0.3) is 10.9 Å². The molecule has 2 aromatic rings. The Hall–Kier alpha value is -1.44. The van der Waals surface area contributed by atoms with Crippen LogP contribution < -0.4 is 4.74 Å². The highest BCUT2D eigenvalue weighted by molar-refractivity contribution is 7.99. The number of hydrogen-bond acceptors (Lipinski definition) is 4. The molecule has 0 unspecified atom stereocenters. The maximum absolute atomic E-state index is 8.81. The van der Waals surface area contributed by atoms with Gasteiger partial charge in [0.1, 0.15) is 5.75 Å². The smallest absolute Gasteiger partial charge is 0.119 e. The molecule has 0 aliphatic heterocycles. The van der Waals surface area contributed by atoms with Gasteiger partial charge in [0.2, 0.25) is 0 Å². The van der Waals surface area contributed by atoms with Crippen molar-refractivity contribution < 1.29 is 4.74 Å². The summed E-state index contributed by atoms with van der Waals surface area (Å²) in [5.41, 5.74) is 3.43. The van der Waals surface area contributed by atoms with E-state index < -0.39 is 0 Å². The van der Waals surface area contributed by atoms with Crippen LogP contribution in [0.2, 0.25) is 0 Å². The third-order valence-corrected chi connectivity index (χ3v) is 4.85. The number of thioether (sulfide) groups is 1. The number of fused-ring (bicyclic) bond motifs is 1. The average Bonchev–Trinajstić information content (AvgIpc) is 2.53. The van der Waals surface area contributed by atoms with E-state index in [2.05, 4.69) is 26.0 Å². The average molecular weight is 351 g/mol. The summed E-state index contributed by atoms with van der Waals surface area (Å²) in [7, 11) is 1.68. The van der Waals surface area contributed by atoms with Gasteiger partial charge in [0.25, 0.3) is 0 Å². The third kappa shape index (κ3) is 4.76. The van der Waals surface area contributed by atoms with Gasteiger partial charge in [0.05, 0.1) is 18.7 Å². The van der Waals surface area contributed by atoms with Crippen LogP contribution in [0, 0.1) is 18.3 Å². The van der Waals surface area contributed by atoms with Crippen LogP contribution >= 0.6 is 24.2 Å². The molecule has 3 nitrogen and oxygen atoms in total. The summed E-state index contributed by atoms with van der Waals surface area (Å²) in [5, 5.41) is 9.95. The van der Waals surface area contributed by atoms with E-state index in [1.807, 2.05) is 12.1 Å². The van der Waals surface area contributed by atoms with E-state index in [0.29, 0.717) is 6.42 Å². The van der Waals surface area contributed by atoms with Crippen molar-refractivity contribution >= 4 is 35.1 Å². The molecule has 5 heteroatoms. The van der Waals surface area contributed by atoms with Crippen molar-refractivity contribution in [3.63, 3.8) is 0 Å². The lowest BCUT2D eigenvalue weighted by Gasteiger charge is -2.15. The first kappa shape index (κ1) is 19.6. The lowest BCUT2D eigenvalue weighted by molar-refractivity contribution is 0.415. The highest BCUT2D eigenvalue weighted by atomic mass is 35.5. The normalized spacial score (nSPS) is 10.2.